The van der Waals surface area contributed by atoms with Crippen LogP contribution in [-0.4, -0.2) is 37.3 Å². The van der Waals surface area contributed by atoms with Crippen molar-refractivity contribution in [2.45, 2.75) is 25.7 Å². The second-order valence-electron chi connectivity index (χ2n) is 6.47. The lowest BCUT2D eigenvalue weighted by Crippen LogP contribution is -2.40. The van der Waals surface area contributed by atoms with E-state index in [1.807, 2.05) is 44.2 Å². The standard InChI is InChI=1S/C21H27F2N3O/c1-3-24-21(26-13-18(14-27)16-7-5-4-6-8-16)25-12-15(2)17-9-10-19(22)20(23)11-17/h4-11,15,18,27H,3,12-14H2,1-2H3,(H2,24,25,26). The fraction of sp³-hybridized carbons (Fsp3) is 0.381. The van der Waals surface area contributed by atoms with Gasteiger partial charge in [-0.15, -0.1) is 0 Å². The highest BCUT2D eigenvalue weighted by atomic mass is 19.2. The Balaban J connectivity index is 1.99. The minimum atomic E-state index is -0.847. The molecule has 0 aromatic heterocycles. The number of guanidine groups is 1. The van der Waals surface area contributed by atoms with Crippen LogP contribution in [0.3, 0.4) is 0 Å². The van der Waals surface area contributed by atoms with Crippen molar-refractivity contribution in [3.63, 3.8) is 0 Å². The van der Waals surface area contributed by atoms with Crippen molar-refractivity contribution >= 4 is 5.96 Å². The van der Waals surface area contributed by atoms with E-state index in [0.717, 1.165) is 11.6 Å². The van der Waals surface area contributed by atoms with Crippen molar-refractivity contribution in [2.24, 2.45) is 4.99 Å². The van der Waals surface area contributed by atoms with Gasteiger partial charge in [0, 0.05) is 31.5 Å². The third-order valence-electron chi connectivity index (χ3n) is 4.39. The Morgan fingerprint density at radius 2 is 1.78 bits per heavy atom. The summed E-state index contributed by atoms with van der Waals surface area (Å²) in [6, 6.07) is 13.7. The number of aliphatic imine (C=N–C) groups is 1. The average molecular weight is 375 g/mol. The number of benzene rings is 2. The van der Waals surface area contributed by atoms with Gasteiger partial charge in [0.2, 0.25) is 0 Å². The van der Waals surface area contributed by atoms with Crippen molar-refractivity contribution < 1.29 is 13.9 Å². The van der Waals surface area contributed by atoms with E-state index in [4.69, 9.17) is 0 Å². The smallest absolute Gasteiger partial charge is 0.191 e. The molecule has 0 aliphatic rings. The molecule has 0 spiro atoms. The molecular weight excluding hydrogens is 348 g/mol. The van der Waals surface area contributed by atoms with Crippen LogP contribution < -0.4 is 10.6 Å². The van der Waals surface area contributed by atoms with Crippen LogP contribution in [0.2, 0.25) is 0 Å². The lowest BCUT2D eigenvalue weighted by atomic mass is 10.0. The van der Waals surface area contributed by atoms with Crippen molar-refractivity contribution in [1.82, 2.24) is 10.6 Å². The van der Waals surface area contributed by atoms with Crippen LogP contribution >= 0.6 is 0 Å². The van der Waals surface area contributed by atoms with Gasteiger partial charge in [-0.05, 0) is 30.2 Å². The summed E-state index contributed by atoms with van der Waals surface area (Å²) in [6.07, 6.45) is 0. The molecule has 0 bridgehead atoms. The number of aliphatic hydroxyl groups is 1. The summed E-state index contributed by atoms with van der Waals surface area (Å²) in [6.45, 7) is 5.57. The van der Waals surface area contributed by atoms with Crippen molar-refractivity contribution in [3.8, 4) is 0 Å². The van der Waals surface area contributed by atoms with E-state index >= 15 is 0 Å². The number of rotatable bonds is 8. The van der Waals surface area contributed by atoms with Crippen molar-refractivity contribution in [3.05, 3.63) is 71.3 Å². The summed E-state index contributed by atoms with van der Waals surface area (Å²) in [7, 11) is 0. The zero-order valence-corrected chi connectivity index (χ0v) is 15.8. The molecule has 0 aliphatic heterocycles. The molecule has 146 valence electrons. The van der Waals surface area contributed by atoms with Gasteiger partial charge in [0.25, 0.3) is 0 Å². The molecule has 2 atom stereocenters. The van der Waals surface area contributed by atoms with E-state index in [0.29, 0.717) is 31.2 Å². The van der Waals surface area contributed by atoms with E-state index in [1.165, 1.54) is 6.07 Å². The predicted molar refractivity (Wildman–Crippen MR) is 105 cm³/mol. The maximum Gasteiger partial charge on any atom is 0.191 e. The quantitative estimate of drug-likeness (QED) is 0.490. The summed E-state index contributed by atoms with van der Waals surface area (Å²) in [4.78, 5) is 4.54. The highest BCUT2D eigenvalue weighted by molar-refractivity contribution is 5.79. The third-order valence-corrected chi connectivity index (χ3v) is 4.39. The molecule has 27 heavy (non-hydrogen) atoms. The molecule has 0 radical (unpaired) electrons. The summed E-state index contributed by atoms with van der Waals surface area (Å²) < 4.78 is 26.5. The average Bonchev–Trinajstić information content (AvgIpc) is 2.69. The molecule has 4 nitrogen and oxygen atoms in total. The fourth-order valence-electron chi connectivity index (χ4n) is 2.73. The van der Waals surface area contributed by atoms with Crippen molar-refractivity contribution in [2.75, 3.05) is 26.2 Å². The summed E-state index contributed by atoms with van der Waals surface area (Å²) in [5, 5.41) is 16.1. The van der Waals surface area contributed by atoms with Crippen LogP contribution in [0.25, 0.3) is 0 Å². The monoisotopic (exact) mass is 375 g/mol. The molecule has 0 amide bonds. The highest BCUT2D eigenvalue weighted by Gasteiger charge is 2.12. The Hall–Kier alpha value is -2.47. The Kier molecular flexibility index (Phi) is 8.20. The van der Waals surface area contributed by atoms with Gasteiger partial charge in [0.15, 0.2) is 17.6 Å². The largest absolute Gasteiger partial charge is 0.396 e. The highest BCUT2D eigenvalue weighted by Crippen LogP contribution is 2.18. The maximum atomic E-state index is 13.4. The molecule has 2 aromatic carbocycles. The number of aliphatic hydroxyl groups excluding tert-OH is 1. The first kappa shape index (κ1) is 20.8. The van der Waals surface area contributed by atoms with Crippen LogP contribution in [0.15, 0.2) is 53.5 Å². The van der Waals surface area contributed by atoms with E-state index in [1.54, 1.807) is 6.07 Å². The summed E-state index contributed by atoms with van der Waals surface area (Å²) >= 11 is 0. The molecule has 2 unspecified atom stereocenters. The maximum absolute atomic E-state index is 13.4. The molecule has 0 saturated heterocycles. The molecule has 0 aliphatic carbocycles. The van der Waals surface area contributed by atoms with Gasteiger partial charge in [-0.25, -0.2) is 8.78 Å². The lowest BCUT2D eigenvalue weighted by Gasteiger charge is -2.18. The van der Waals surface area contributed by atoms with Gasteiger partial charge in [0.05, 0.1) is 6.61 Å². The van der Waals surface area contributed by atoms with Gasteiger partial charge >= 0.3 is 0 Å². The molecular formula is C21H27F2N3O. The normalized spacial score (nSPS) is 13.9. The Bertz CT molecular complexity index is 737. The predicted octanol–water partition coefficient (Wildman–Crippen LogP) is 3.40. The lowest BCUT2D eigenvalue weighted by molar-refractivity contribution is 0.265. The van der Waals surface area contributed by atoms with Gasteiger partial charge in [-0.2, -0.15) is 0 Å². The zero-order valence-electron chi connectivity index (χ0n) is 15.8. The third kappa shape index (κ3) is 6.32. The molecule has 6 heteroatoms. The van der Waals surface area contributed by atoms with Crippen molar-refractivity contribution in [1.29, 1.82) is 0 Å². The number of halogens is 2. The van der Waals surface area contributed by atoms with Crippen LogP contribution in [0.1, 0.15) is 36.8 Å². The Morgan fingerprint density at radius 1 is 1.04 bits per heavy atom. The van der Waals surface area contributed by atoms with Gasteiger partial charge < -0.3 is 15.7 Å². The first-order valence-electron chi connectivity index (χ1n) is 9.18. The fourth-order valence-corrected chi connectivity index (χ4v) is 2.73. The molecule has 2 rings (SSSR count). The van der Waals surface area contributed by atoms with E-state index < -0.39 is 11.6 Å². The summed E-state index contributed by atoms with van der Waals surface area (Å²) in [5.41, 5.74) is 1.75. The second-order valence-corrected chi connectivity index (χ2v) is 6.47. The minimum Gasteiger partial charge on any atom is -0.396 e. The first-order chi connectivity index (χ1) is 13.0. The SMILES string of the molecule is CCNC(=NCC(C)c1ccc(F)c(F)c1)NCC(CO)c1ccccc1. The van der Waals surface area contributed by atoms with Gasteiger partial charge in [-0.3, -0.25) is 4.99 Å². The zero-order chi connectivity index (χ0) is 19.6. The molecule has 0 fully saturated rings. The number of hydrogen-bond acceptors (Lipinski definition) is 2. The Labute approximate surface area is 159 Å². The van der Waals surface area contributed by atoms with Crippen LogP contribution in [0.4, 0.5) is 8.78 Å². The van der Waals surface area contributed by atoms with E-state index in [-0.39, 0.29) is 18.4 Å². The van der Waals surface area contributed by atoms with E-state index in [2.05, 4.69) is 15.6 Å². The molecule has 0 heterocycles. The molecule has 3 N–H and O–H groups in total. The van der Waals surface area contributed by atoms with E-state index in [9.17, 15) is 13.9 Å². The molecule has 2 aromatic rings. The van der Waals surface area contributed by atoms with Crippen LogP contribution in [-0.2, 0) is 0 Å². The summed E-state index contributed by atoms with van der Waals surface area (Å²) in [5.74, 6) is -1.17. The first-order valence-corrected chi connectivity index (χ1v) is 9.18. The van der Waals surface area contributed by atoms with Crippen LogP contribution in [0, 0.1) is 11.6 Å². The number of nitrogens with one attached hydrogen (secondary N) is 2. The van der Waals surface area contributed by atoms with Gasteiger partial charge in [0.1, 0.15) is 0 Å². The topological polar surface area (TPSA) is 56.7 Å². The second kappa shape index (κ2) is 10.6. The number of hydrogen-bond donors (Lipinski definition) is 3. The molecule has 0 saturated carbocycles. The number of nitrogens with zero attached hydrogens (tertiary/aromatic N) is 1. The van der Waals surface area contributed by atoms with Crippen LogP contribution in [0.5, 0.6) is 0 Å². The minimum absolute atomic E-state index is 0.0294. The Morgan fingerprint density at radius 3 is 2.41 bits per heavy atom. The van der Waals surface area contributed by atoms with Gasteiger partial charge in [-0.1, -0.05) is 43.3 Å².